The molecule has 1 aromatic rings. The molecular formula is C7H7OSb. The van der Waals surface area contributed by atoms with Crippen LogP contribution in [0.25, 0.3) is 0 Å². The summed E-state index contributed by atoms with van der Waals surface area (Å²) in [6.07, 6.45) is 0. The predicted molar refractivity (Wildman–Crippen MR) is 37.3 cm³/mol. The van der Waals surface area contributed by atoms with E-state index in [0.29, 0.717) is 0 Å². The first-order chi connectivity index (χ1) is 4.34. The summed E-state index contributed by atoms with van der Waals surface area (Å²) in [5, 5.41) is 0. The van der Waals surface area contributed by atoms with Crippen LogP contribution in [0.2, 0.25) is 0 Å². The molecular weight excluding hydrogens is 222 g/mol. The second-order valence-electron chi connectivity index (χ2n) is 1.88. The van der Waals surface area contributed by atoms with E-state index in [4.69, 9.17) is 0 Å². The normalized spacial score (nSPS) is 9.00. The molecule has 0 saturated carbocycles. The second-order valence-corrected chi connectivity index (χ2v) is 3.77. The van der Waals surface area contributed by atoms with Crippen LogP contribution in [0.1, 0.15) is 5.56 Å². The molecule has 0 saturated heterocycles. The second kappa shape index (κ2) is 3.12. The van der Waals surface area contributed by atoms with Gasteiger partial charge in [-0.1, -0.05) is 0 Å². The third-order valence-corrected chi connectivity index (χ3v) is 3.21. The van der Waals surface area contributed by atoms with E-state index in [0.717, 1.165) is 9.07 Å². The molecule has 0 N–H and O–H groups in total. The van der Waals surface area contributed by atoms with Crippen molar-refractivity contribution < 1.29 is 3.02 Å². The van der Waals surface area contributed by atoms with Crippen molar-refractivity contribution >= 4 is 25.1 Å². The average molecular weight is 229 g/mol. The number of aryl methyl sites for hydroxylation is 1. The van der Waals surface area contributed by atoms with Gasteiger partial charge in [0.1, 0.15) is 0 Å². The average Bonchev–Trinajstić information content (AvgIpc) is 1.89. The molecule has 0 fully saturated rings. The zero-order valence-electron chi connectivity index (χ0n) is 5.16. The third kappa shape index (κ3) is 1.62. The summed E-state index contributed by atoms with van der Waals surface area (Å²) in [7, 11) is 0. The van der Waals surface area contributed by atoms with E-state index in [1.807, 2.05) is 31.2 Å². The molecule has 0 aliphatic rings. The van der Waals surface area contributed by atoms with E-state index in [2.05, 4.69) is 0 Å². The van der Waals surface area contributed by atoms with Crippen molar-refractivity contribution in [3.63, 3.8) is 0 Å². The molecule has 46 valence electrons. The van der Waals surface area contributed by atoms with Gasteiger partial charge >= 0.3 is 64.9 Å². The molecule has 1 nitrogen and oxygen atoms in total. The first-order valence-corrected chi connectivity index (χ1v) is 5.05. The van der Waals surface area contributed by atoms with E-state index >= 15 is 0 Å². The van der Waals surface area contributed by atoms with Crippen LogP contribution in [-0.4, -0.2) is 21.6 Å². The van der Waals surface area contributed by atoms with Gasteiger partial charge in [0.2, 0.25) is 0 Å². The fourth-order valence-corrected chi connectivity index (χ4v) is 1.71. The van der Waals surface area contributed by atoms with Gasteiger partial charge in [-0.2, -0.15) is 0 Å². The van der Waals surface area contributed by atoms with Gasteiger partial charge in [-0.3, -0.25) is 0 Å². The first-order valence-electron chi connectivity index (χ1n) is 2.73. The summed E-state index contributed by atoms with van der Waals surface area (Å²) in [6, 6.07) is 7.81. The minimum atomic E-state index is -1.27. The molecule has 0 aliphatic carbocycles. The van der Waals surface area contributed by atoms with E-state index in [1.54, 1.807) is 0 Å². The van der Waals surface area contributed by atoms with Crippen LogP contribution in [-0.2, 0) is 3.02 Å². The molecule has 0 spiro atoms. The molecule has 9 heavy (non-hydrogen) atoms. The van der Waals surface area contributed by atoms with E-state index in [-0.39, 0.29) is 0 Å². The van der Waals surface area contributed by atoms with Crippen molar-refractivity contribution in [2.75, 3.05) is 0 Å². The molecule has 0 heterocycles. The fraction of sp³-hybridized carbons (Fsp3) is 0.143. The Kier molecular flexibility index (Phi) is 2.41. The Hall–Kier alpha value is -0.162. The molecule has 0 aliphatic heterocycles. The van der Waals surface area contributed by atoms with Gasteiger partial charge in [-0.15, -0.1) is 0 Å². The van der Waals surface area contributed by atoms with Gasteiger partial charge in [-0.05, 0) is 0 Å². The van der Waals surface area contributed by atoms with Crippen LogP contribution in [0, 0.1) is 6.92 Å². The maximum atomic E-state index is 10.5. The van der Waals surface area contributed by atoms with Crippen LogP contribution < -0.4 is 3.51 Å². The Morgan fingerprint density at radius 1 is 1.33 bits per heavy atom. The molecule has 2 heteroatoms. The van der Waals surface area contributed by atoms with Gasteiger partial charge in [-0.25, -0.2) is 0 Å². The Balaban J connectivity index is 3.15. The molecule has 1 rings (SSSR count). The quantitative estimate of drug-likeness (QED) is 0.646. The Morgan fingerprint density at radius 2 is 2.00 bits per heavy atom. The zero-order chi connectivity index (χ0) is 6.69. The summed E-state index contributed by atoms with van der Waals surface area (Å²) in [4.78, 5) is 0. The van der Waals surface area contributed by atoms with Gasteiger partial charge in [0.25, 0.3) is 0 Å². The summed E-state index contributed by atoms with van der Waals surface area (Å²) in [6.45, 7) is 1.99. The number of benzene rings is 1. The van der Waals surface area contributed by atoms with E-state index < -0.39 is 21.6 Å². The van der Waals surface area contributed by atoms with Crippen molar-refractivity contribution in [1.82, 2.24) is 0 Å². The Bertz CT molecular complexity index is 220. The fourth-order valence-electron chi connectivity index (χ4n) is 0.666. The minimum absolute atomic E-state index is 1.05. The van der Waals surface area contributed by atoms with Crippen molar-refractivity contribution in [2.45, 2.75) is 6.92 Å². The molecule has 0 radical (unpaired) electrons. The van der Waals surface area contributed by atoms with Crippen molar-refractivity contribution in [3.8, 4) is 0 Å². The first kappa shape index (κ1) is 6.95. The molecule has 0 unspecified atom stereocenters. The van der Waals surface area contributed by atoms with Crippen molar-refractivity contribution in [1.29, 1.82) is 0 Å². The van der Waals surface area contributed by atoms with Crippen LogP contribution in [0.15, 0.2) is 24.3 Å². The van der Waals surface area contributed by atoms with Crippen LogP contribution in [0.5, 0.6) is 0 Å². The number of hydrogen-bond acceptors (Lipinski definition) is 1. The molecule has 0 aromatic heterocycles. The summed E-state index contributed by atoms with van der Waals surface area (Å²) < 4.78 is 11.6. The van der Waals surface area contributed by atoms with Gasteiger partial charge in [0.15, 0.2) is 0 Å². The SMILES string of the molecule is Cc1cccc[c]1[Sb]=[O]. The molecule has 1 aromatic carbocycles. The van der Waals surface area contributed by atoms with Crippen LogP contribution in [0.3, 0.4) is 0 Å². The van der Waals surface area contributed by atoms with E-state index in [1.165, 1.54) is 0 Å². The maximum absolute atomic E-state index is 10.5. The van der Waals surface area contributed by atoms with Crippen LogP contribution in [0.4, 0.5) is 0 Å². The standard InChI is InChI=1S/C7H7.O.Sb/c1-7-5-3-2-4-6-7;;/h2-5H,1H3;;. The molecule has 0 atom stereocenters. The van der Waals surface area contributed by atoms with Crippen molar-refractivity contribution in [3.05, 3.63) is 29.8 Å². The molecule has 0 amide bonds. The third-order valence-electron chi connectivity index (χ3n) is 1.21. The number of rotatable bonds is 1. The van der Waals surface area contributed by atoms with Crippen LogP contribution >= 0.6 is 0 Å². The zero-order valence-corrected chi connectivity index (χ0v) is 7.72. The Morgan fingerprint density at radius 3 is 2.44 bits per heavy atom. The van der Waals surface area contributed by atoms with Gasteiger partial charge in [0.05, 0.1) is 0 Å². The monoisotopic (exact) mass is 228 g/mol. The summed E-state index contributed by atoms with van der Waals surface area (Å²) >= 11 is -1.27. The number of hydrogen-bond donors (Lipinski definition) is 0. The molecule has 0 bridgehead atoms. The summed E-state index contributed by atoms with van der Waals surface area (Å²) in [5.41, 5.74) is 1.16. The summed E-state index contributed by atoms with van der Waals surface area (Å²) in [5.74, 6) is 0. The van der Waals surface area contributed by atoms with Gasteiger partial charge in [0, 0.05) is 0 Å². The van der Waals surface area contributed by atoms with Crippen molar-refractivity contribution in [2.24, 2.45) is 0 Å². The Labute approximate surface area is 65.0 Å². The van der Waals surface area contributed by atoms with E-state index in [9.17, 15) is 3.02 Å². The predicted octanol–water partition coefficient (Wildman–Crippen LogP) is 0.670. The topological polar surface area (TPSA) is 17.1 Å². The van der Waals surface area contributed by atoms with Gasteiger partial charge < -0.3 is 0 Å².